The molecule has 0 saturated heterocycles. The highest BCUT2D eigenvalue weighted by atomic mass is 19.1. The number of carbonyl (C=O) groups excluding carboxylic acids is 1. The van der Waals surface area contributed by atoms with Crippen molar-refractivity contribution in [3.63, 3.8) is 0 Å². The van der Waals surface area contributed by atoms with Crippen molar-refractivity contribution < 1.29 is 13.6 Å². The van der Waals surface area contributed by atoms with Crippen LogP contribution in [0.25, 0.3) is 11.0 Å². The van der Waals surface area contributed by atoms with E-state index in [1.165, 1.54) is 11.0 Å². The van der Waals surface area contributed by atoms with Gasteiger partial charge in [-0.3, -0.25) is 9.59 Å². The van der Waals surface area contributed by atoms with E-state index in [2.05, 4.69) is 0 Å². The van der Waals surface area contributed by atoms with Crippen molar-refractivity contribution in [2.75, 3.05) is 0 Å². The Balaban J connectivity index is 1.76. The second-order valence-corrected chi connectivity index (χ2v) is 7.01. The highest BCUT2D eigenvalue weighted by molar-refractivity contribution is 5.99. The fraction of sp³-hybridized carbons (Fsp3) is 0.0833. The van der Waals surface area contributed by atoms with Crippen LogP contribution in [0.4, 0.5) is 4.39 Å². The molecule has 0 bridgehead atoms. The van der Waals surface area contributed by atoms with Gasteiger partial charge in [-0.15, -0.1) is 0 Å². The van der Waals surface area contributed by atoms with Crippen molar-refractivity contribution in [3.8, 4) is 0 Å². The summed E-state index contributed by atoms with van der Waals surface area (Å²) in [5.41, 5.74) is 1.39. The first-order valence-corrected chi connectivity index (χ1v) is 9.30. The summed E-state index contributed by atoms with van der Waals surface area (Å²) in [5.74, 6) is -0.901. The minimum atomic E-state index is -0.847. The van der Waals surface area contributed by atoms with Crippen molar-refractivity contribution in [2.24, 2.45) is 0 Å². The number of carbonyl (C=O) groups is 1. The summed E-state index contributed by atoms with van der Waals surface area (Å²) >= 11 is 0. The molecule has 0 fully saturated rings. The van der Waals surface area contributed by atoms with Crippen LogP contribution in [0.5, 0.6) is 0 Å². The average Bonchev–Trinajstić information content (AvgIpc) is 3.01. The minimum Gasteiger partial charge on any atom is -0.450 e. The third-order valence-corrected chi connectivity index (χ3v) is 5.27. The molecule has 2 heterocycles. The molecule has 1 aliphatic heterocycles. The van der Waals surface area contributed by atoms with E-state index in [-0.39, 0.29) is 28.9 Å². The van der Waals surface area contributed by atoms with Crippen molar-refractivity contribution in [3.05, 3.63) is 117 Å². The molecule has 3 aromatic carbocycles. The second kappa shape index (κ2) is 6.71. The molecule has 1 atom stereocenters. The van der Waals surface area contributed by atoms with E-state index in [0.29, 0.717) is 11.0 Å². The van der Waals surface area contributed by atoms with Gasteiger partial charge in [-0.1, -0.05) is 60.7 Å². The highest BCUT2D eigenvalue weighted by Gasteiger charge is 2.43. The van der Waals surface area contributed by atoms with E-state index in [1.807, 2.05) is 30.3 Å². The number of amides is 1. The quantitative estimate of drug-likeness (QED) is 0.515. The van der Waals surface area contributed by atoms with Crippen LogP contribution < -0.4 is 5.43 Å². The molecule has 1 aliphatic rings. The molecule has 4 nitrogen and oxygen atoms in total. The van der Waals surface area contributed by atoms with Gasteiger partial charge in [0.25, 0.3) is 5.91 Å². The van der Waals surface area contributed by atoms with Crippen LogP contribution in [0, 0.1) is 5.82 Å². The Hall–Kier alpha value is -3.73. The number of hydrogen-bond acceptors (Lipinski definition) is 3. The van der Waals surface area contributed by atoms with E-state index >= 15 is 0 Å². The van der Waals surface area contributed by atoms with Crippen molar-refractivity contribution in [1.29, 1.82) is 0 Å². The fourth-order valence-electron chi connectivity index (χ4n) is 3.93. The van der Waals surface area contributed by atoms with Crippen molar-refractivity contribution in [2.45, 2.75) is 12.6 Å². The molecular weight excluding hydrogens is 369 g/mol. The molecule has 1 amide bonds. The van der Waals surface area contributed by atoms with Crippen LogP contribution in [0.3, 0.4) is 0 Å². The van der Waals surface area contributed by atoms with E-state index in [9.17, 15) is 14.0 Å². The fourth-order valence-corrected chi connectivity index (χ4v) is 3.93. The van der Waals surface area contributed by atoms with Crippen LogP contribution in [-0.2, 0) is 6.54 Å². The summed E-state index contributed by atoms with van der Waals surface area (Å²) in [6, 6.07) is 21.6. The first-order valence-electron chi connectivity index (χ1n) is 9.30. The molecule has 29 heavy (non-hydrogen) atoms. The van der Waals surface area contributed by atoms with Crippen LogP contribution in [0.15, 0.2) is 88.1 Å². The zero-order chi connectivity index (χ0) is 20.0. The van der Waals surface area contributed by atoms with Crippen molar-refractivity contribution >= 4 is 16.9 Å². The van der Waals surface area contributed by atoms with E-state index in [1.54, 1.807) is 42.5 Å². The number of hydrogen-bond donors (Lipinski definition) is 0. The summed E-state index contributed by atoms with van der Waals surface area (Å²) in [4.78, 5) is 28.1. The zero-order valence-corrected chi connectivity index (χ0v) is 15.3. The molecule has 142 valence electrons. The molecule has 0 N–H and O–H groups in total. The Morgan fingerprint density at radius 3 is 2.34 bits per heavy atom. The summed E-state index contributed by atoms with van der Waals surface area (Å²) < 4.78 is 20.6. The van der Waals surface area contributed by atoms with Gasteiger partial charge in [-0.05, 0) is 23.8 Å². The average molecular weight is 385 g/mol. The number of nitrogens with zero attached hydrogens (tertiary/aromatic N) is 1. The Kier molecular flexibility index (Phi) is 4.02. The zero-order valence-electron chi connectivity index (χ0n) is 15.3. The van der Waals surface area contributed by atoms with Gasteiger partial charge in [0.05, 0.1) is 17.0 Å². The lowest BCUT2D eigenvalue weighted by Crippen LogP contribution is -2.29. The topological polar surface area (TPSA) is 50.5 Å². The number of para-hydroxylation sites is 1. The van der Waals surface area contributed by atoms with Crippen LogP contribution >= 0.6 is 0 Å². The third kappa shape index (κ3) is 2.74. The standard InChI is InChI=1S/C24H16FNO3/c25-18-12-6-4-10-16(18)21-20-22(27)17-11-5-7-13-19(17)29-23(20)24(28)26(21)14-15-8-2-1-3-9-15/h1-13,21H,14H2/t21-/m1/s1. The number of benzene rings is 3. The monoisotopic (exact) mass is 385 g/mol. The van der Waals surface area contributed by atoms with Gasteiger partial charge >= 0.3 is 0 Å². The SMILES string of the molecule is O=C1c2oc3ccccc3c(=O)c2[C@@H](c2ccccc2F)N1Cc1ccccc1. The molecule has 5 heteroatoms. The molecule has 5 rings (SSSR count). The molecule has 0 spiro atoms. The Morgan fingerprint density at radius 2 is 1.55 bits per heavy atom. The summed E-state index contributed by atoms with van der Waals surface area (Å²) in [6.45, 7) is 0.235. The van der Waals surface area contributed by atoms with Gasteiger partial charge < -0.3 is 9.32 Å². The predicted molar refractivity (Wildman–Crippen MR) is 107 cm³/mol. The van der Waals surface area contributed by atoms with Gasteiger partial charge in [-0.2, -0.15) is 0 Å². The summed E-state index contributed by atoms with van der Waals surface area (Å²) in [7, 11) is 0. The van der Waals surface area contributed by atoms with E-state index in [0.717, 1.165) is 5.56 Å². The maximum atomic E-state index is 14.7. The Labute approximate surface area is 165 Å². The van der Waals surface area contributed by atoms with Crippen LogP contribution in [0.1, 0.15) is 33.3 Å². The van der Waals surface area contributed by atoms with Crippen LogP contribution in [0.2, 0.25) is 0 Å². The smallest absolute Gasteiger partial charge is 0.291 e. The van der Waals surface area contributed by atoms with Crippen LogP contribution in [-0.4, -0.2) is 10.8 Å². The second-order valence-electron chi connectivity index (χ2n) is 7.01. The Morgan fingerprint density at radius 1 is 0.862 bits per heavy atom. The number of halogens is 1. The molecule has 0 radical (unpaired) electrons. The maximum Gasteiger partial charge on any atom is 0.291 e. The minimum absolute atomic E-state index is 0.0158. The van der Waals surface area contributed by atoms with E-state index in [4.69, 9.17) is 4.42 Å². The first-order chi connectivity index (χ1) is 14.1. The molecule has 4 aromatic rings. The van der Waals surface area contributed by atoms with Crippen molar-refractivity contribution in [1.82, 2.24) is 4.90 Å². The Bertz CT molecular complexity index is 1300. The summed E-state index contributed by atoms with van der Waals surface area (Å²) in [5, 5.41) is 0.377. The van der Waals surface area contributed by atoms with Gasteiger partial charge in [0, 0.05) is 12.1 Å². The van der Waals surface area contributed by atoms with Gasteiger partial charge in [-0.25, -0.2) is 4.39 Å². The first kappa shape index (κ1) is 17.4. The summed E-state index contributed by atoms with van der Waals surface area (Å²) in [6.07, 6.45) is 0. The molecule has 0 aliphatic carbocycles. The lowest BCUT2D eigenvalue weighted by molar-refractivity contribution is 0.0712. The van der Waals surface area contributed by atoms with Gasteiger partial charge in [0.2, 0.25) is 5.76 Å². The van der Waals surface area contributed by atoms with E-state index < -0.39 is 17.8 Å². The molecule has 0 saturated carbocycles. The largest absolute Gasteiger partial charge is 0.450 e. The molecule has 0 unspecified atom stereocenters. The normalized spacial score (nSPS) is 15.7. The lowest BCUT2D eigenvalue weighted by Gasteiger charge is -2.25. The van der Waals surface area contributed by atoms with Gasteiger partial charge in [0.1, 0.15) is 11.4 Å². The highest BCUT2D eigenvalue weighted by Crippen LogP contribution is 2.39. The number of fused-ring (bicyclic) bond motifs is 2. The lowest BCUT2D eigenvalue weighted by atomic mass is 9.98. The predicted octanol–water partition coefficient (Wildman–Crippen LogP) is 4.68. The number of rotatable bonds is 3. The molecule has 1 aromatic heterocycles. The van der Waals surface area contributed by atoms with Gasteiger partial charge in [0.15, 0.2) is 5.43 Å². The molecular formula is C24H16FNO3. The third-order valence-electron chi connectivity index (χ3n) is 5.27. The maximum absolute atomic E-state index is 14.7.